The fourth-order valence-corrected chi connectivity index (χ4v) is 4.18. The Morgan fingerprint density at radius 2 is 2.05 bits per heavy atom. The van der Waals surface area contributed by atoms with E-state index >= 15 is 0 Å². The molecule has 116 valence electrons. The van der Waals surface area contributed by atoms with Crippen LogP contribution in [0.4, 0.5) is 4.39 Å². The molecule has 1 N–H and O–H groups in total. The van der Waals surface area contributed by atoms with Crippen LogP contribution in [-0.2, 0) is 4.74 Å². The van der Waals surface area contributed by atoms with Crippen LogP contribution in [-0.4, -0.2) is 17.3 Å². The molecule has 1 aromatic carbocycles. The largest absolute Gasteiger partial charge is 0.388 e. The SMILES string of the molecule is OC(c1c(F)cccc1Cl)C1CCOC2(CCCCC2)C1. The van der Waals surface area contributed by atoms with Gasteiger partial charge in [0.15, 0.2) is 0 Å². The lowest BCUT2D eigenvalue weighted by Crippen LogP contribution is -2.43. The molecule has 1 aliphatic heterocycles. The Kier molecular flexibility index (Phi) is 4.53. The molecule has 1 spiro atoms. The number of hydrogen-bond donors (Lipinski definition) is 1. The van der Waals surface area contributed by atoms with Crippen molar-refractivity contribution in [3.05, 3.63) is 34.6 Å². The molecular formula is C17H22ClFO2. The molecule has 2 atom stereocenters. The van der Waals surface area contributed by atoms with E-state index in [2.05, 4.69) is 0 Å². The van der Waals surface area contributed by atoms with Gasteiger partial charge in [-0.25, -0.2) is 4.39 Å². The minimum atomic E-state index is -0.846. The van der Waals surface area contributed by atoms with E-state index in [0.29, 0.717) is 11.6 Å². The number of halogens is 2. The highest BCUT2D eigenvalue weighted by Crippen LogP contribution is 2.45. The Morgan fingerprint density at radius 3 is 2.76 bits per heavy atom. The second-order valence-electron chi connectivity index (χ2n) is 6.43. The predicted octanol–water partition coefficient (Wildman–Crippen LogP) is 4.64. The lowest BCUT2D eigenvalue weighted by molar-refractivity contribution is -0.134. The molecule has 2 unspecified atom stereocenters. The summed E-state index contributed by atoms with van der Waals surface area (Å²) in [6, 6.07) is 4.57. The van der Waals surface area contributed by atoms with Crippen molar-refractivity contribution in [1.29, 1.82) is 0 Å². The third-order valence-corrected chi connectivity index (χ3v) is 5.37. The molecule has 0 amide bonds. The molecular weight excluding hydrogens is 291 g/mol. The third kappa shape index (κ3) is 3.10. The van der Waals surface area contributed by atoms with Crippen molar-refractivity contribution in [2.45, 2.75) is 56.7 Å². The summed E-state index contributed by atoms with van der Waals surface area (Å²) < 4.78 is 20.1. The number of rotatable bonds is 2. The molecule has 4 heteroatoms. The topological polar surface area (TPSA) is 29.5 Å². The highest BCUT2D eigenvalue weighted by molar-refractivity contribution is 6.31. The van der Waals surface area contributed by atoms with Crippen LogP contribution in [0.1, 0.15) is 56.6 Å². The summed E-state index contributed by atoms with van der Waals surface area (Å²) in [4.78, 5) is 0. The fourth-order valence-electron chi connectivity index (χ4n) is 3.91. The van der Waals surface area contributed by atoms with E-state index in [1.807, 2.05) is 0 Å². The van der Waals surface area contributed by atoms with E-state index in [1.165, 1.54) is 25.3 Å². The normalized spacial score (nSPS) is 26.7. The summed E-state index contributed by atoms with van der Waals surface area (Å²) in [5.41, 5.74) is 0.150. The van der Waals surface area contributed by atoms with Gasteiger partial charge in [-0.1, -0.05) is 36.9 Å². The smallest absolute Gasteiger partial charge is 0.130 e. The standard InChI is InChI=1S/C17H22ClFO2/c18-13-5-4-6-14(19)15(13)16(20)12-7-10-21-17(11-12)8-2-1-3-9-17/h4-6,12,16,20H,1-3,7-11H2. The Labute approximate surface area is 130 Å². The first-order chi connectivity index (χ1) is 10.1. The molecule has 2 fully saturated rings. The highest BCUT2D eigenvalue weighted by atomic mass is 35.5. The molecule has 21 heavy (non-hydrogen) atoms. The average molecular weight is 313 g/mol. The van der Waals surface area contributed by atoms with Crippen molar-refractivity contribution in [1.82, 2.24) is 0 Å². The summed E-state index contributed by atoms with van der Waals surface area (Å²) in [5, 5.41) is 11.0. The lowest BCUT2D eigenvalue weighted by Gasteiger charge is -2.44. The van der Waals surface area contributed by atoms with Crippen LogP contribution in [0, 0.1) is 11.7 Å². The van der Waals surface area contributed by atoms with Gasteiger partial charge in [0, 0.05) is 17.2 Å². The minimum Gasteiger partial charge on any atom is -0.388 e. The van der Waals surface area contributed by atoms with Gasteiger partial charge in [0.1, 0.15) is 5.82 Å². The van der Waals surface area contributed by atoms with Gasteiger partial charge in [0.2, 0.25) is 0 Å². The van der Waals surface area contributed by atoms with Crippen molar-refractivity contribution in [2.75, 3.05) is 6.61 Å². The molecule has 1 saturated carbocycles. The van der Waals surface area contributed by atoms with Gasteiger partial charge in [-0.2, -0.15) is 0 Å². The van der Waals surface area contributed by atoms with Crippen molar-refractivity contribution >= 4 is 11.6 Å². The maximum Gasteiger partial charge on any atom is 0.130 e. The van der Waals surface area contributed by atoms with Crippen LogP contribution in [0.2, 0.25) is 5.02 Å². The van der Waals surface area contributed by atoms with Crippen LogP contribution in [0.15, 0.2) is 18.2 Å². The fraction of sp³-hybridized carbons (Fsp3) is 0.647. The van der Waals surface area contributed by atoms with Crippen molar-refractivity contribution in [3.63, 3.8) is 0 Å². The maximum absolute atomic E-state index is 14.0. The summed E-state index contributed by atoms with van der Waals surface area (Å²) in [6.45, 7) is 0.647. The molecule has 0 aromatic heterocycles. The van der Waals surface area contributed by atoms with E-state index in [0.717, 1.165) is 25.7 Å². The maximum atomic E-state index is 14.0. The Bertz CT molecular complexity index is 474. The van der Waals surface area contributed by atoms with E-state index in [-0.39, 0.29) is 17.1 Å². The van der Waals surface area contributed by atoms with Gasteiger partial charge in [-0.15, -0.1) is 0 Å². The van der Waals surface area contributed by atoms with Crippen molar-refractivity contribution < 1.29 is 14.2 Å². The number of hydrogen-bond acceptors (Lipinski definition) is 2. The predicted molar refractivity (Wildman–Crippen MR) is 80.9 cm³/mol. The molecule has 2 aliphatic rings. The van der Waals surface area contributed by atoms with Crippen LogP contribution in [0.25, 0.3) is 0 Å². The summed E-state index contributed by atoms with van der Waals surface area (Å²) >= 11 is 6.09. The van der Waals surface area contributed by atoms with Crippen LogP contribution in [0.3, 0.4) is 0 Å². The number of ether oxygens (including phenoxy) is 1. The first-order valence-corrected chi connectivity index (χ1v) is 8.25. The van der Waals surface area contributed by atoms with E-state index in [4.69, 9.17) is 16.3 Å². The summed E-state index contributed by atoms with van der Waals surface area (Å²) in [5.74, 6) is -0.398. The number of aliphatic hydroxyl groups is 1. The zero-order valence-corrected chi connectivity index (χ0v) is 12.9. The molecule has 1 heterocycles. The van der Waals surface area contributed by atoms with Crippen LogP contribution < -0.4 is 0 Å². The van der Waals surface area contributed by atoms with Gasteiger partial charge in [-0.05, 0) is 43.7 Å². The van der Waals surface area contributed by atoms with Gasteiger partial charge in [-0.3, -0.25) is 0 Å². The Hall–Kier alpha value is -0.640. The Morgan fingerprint density at radius 1 is 1.29 bits per heavy atom. The van der Waals surface area contributed by atoms with Gasteiger partial charge >= 0.3 is 0 Å². The first-order valence-electron chi connectivity index (χ1n) is 7.87. The zero-order valence-electron chi connectivity index (χ0n) is 12.2. The molecule has 0 bridgehead atoms. The zero-order chi connectivity index (χ0) is 14.9. The summed E-state index contributed by atoms with van der Waals surface area (Å²) in [6.07, 6.45) is 6.46. The minimum absolute atomic E-state index is 0.0197. The second kappa shape index (κ2) is 6.23. The second-order valence-corrected chi connectivity index (χ2v) is 6.83. The van der Waals surface area contributed by atoms with E-state index < -0.39 is 11.9 Å². The number of benzene rings is 1. The lowest BCUT2D eigenvalue weighted by atomic mass is 9.74. The average Bonchev–Trinajstić information content (AvgIpc) is 2.48. The Balaban J connectivity index is 1.79. The highest BCUT2D eigenvalue weighted by Gasteiger charge is 2.41. The van der Waals surface area contributed by atoms with Crippen molar-refractivity contribution in [2.24, 2.45) is 5.92 Å². The van der Waals surface area contributed by atoms with Gasteiger partial charge in [0.05, 0.1) is 11.7 Å². The number of aliphatic hydroxyl groups excluding tert-OH is 1. The molecule has 0 radical (unpaired) electrons. The van der Waals surface area contributed by atoms with Crippen molar-refractivity contribution in [3.8, 4) is 0 Å². The molecule has 1 aliphatic carbocycles. The summed E-state index contributed by atoms with van der Waals surface area (Å²) in [7, 11) is 0. The van der Waals surface area contributed by atoms with E-state index in [1.54, 1.807) is 12.1 Å². The van der Waals surface area contributed by atoms with Crippen LogP contribution in [0.5, 0.6) is 0 Å². The first kappa shape index (κ1) is 15.3. The van der Waals surface area contributed by atoms with Gasteiger partial charge < -0.3 is 9.84 Å². The van der Waals surface area contributed by atoms with Crippen LogP contribution >= 0.6 is 11.6 Å². The van der Waals surface area contributed by atoms with Gasteiger partial charge in [0.25, 0.3) is 0 Å². The molecule has 3 rings (SSSR count). The monoisotopic (exact) mass is 312 g/mol. The molecule has 1 saturated heterocycles. The quantitative estimate of drug-likeness (QED) is 0.862. The molecule has 1 aromatic rings. The third-order valence-electron chi connectivity index (χ3n) is 5.04. The molecule has 2 nitrogen and oxygen atoms in total. The van der Waals surface area contributed by atoms with E-state index in [9.17, 15) is 9.50 Å².